The fourth-order valence-corrected chi connectivity index (χ4v) is 2.43. The van der Waals surface area contributed by atoms with Crippen LogP contribution in [0.15, 0.2) is 0 Å². The Morgan fingerprint density at radius 3 is 2.61 bits per heavy atom. The zero-order valence-electron chi connectivity index (χ0n) is 11.5. The van der Waals surface area contributed by atoms with Crippen molar-refractivity contribution >= 4 is 12.0 Å². The number of carboxylic acids is 1. The second-order valence-electron chi connectivity index (χ2n) is 5.60. The minimum absolute atomic E-state index is 0.128. The fraction of sp³-hybridized carbons (Fsp3) is 0.846. The number of carboxylic acid groups (broad SMARTS) is 1. The number of hydrogen-bond acceptors (Lipinski definition) is 2. The van der Waals surface area contributed by atoms with E-state index in [1.807, 2.05) is 6.92 Å². The highest BCUT2D eigenvalue weighted by atomic mass is 16.4. The van der Waals surface area contributed by atoms with Crippen molar-refractivity contribution < 1.29 is 14.7 Å². The number of nitrogens with one attached hydrogen (secondary N) is 1. The summed E-state index contributed by atoms with van der Waals surface area (Å²) >= 11 is 0. The van der Waals surface area contributed by atoms with Crippen LogP contribution < -0.4 is 5.32 Å². The molecule has 1 aliphatic rings. The third-order valence-corrected chi connectivity index (χ3v) is 3.25. The van der Waals surface area contributed by atoms with E-state index in [2.05, 4.69) is 19.2 Å². The van der Waals surface area contributed by atoms with Crippen LogP contribution in [0.3, 0.4) is 0 Å². The van der Waals surface area contributed by atoms with E-state index in [4.69, 9.17) is 5.11 Å². The number of nitrogens with zero attached hydrogens (tertiary/aromatic N) is 1. The number of likely N-dealkylation sites (tertiary alicyclic amines) is 1. The summed E-state index contributed by atoms with van der Waals surface area (Å²) in [4.78, 5) is 24.5. The molecule has 0 radical (unpaired) electrons. The molecule has 1 rings (SSSR count). The molecule has 1 aliphatic heterocycles. The topological polar surface area (TPSA) is 69.6 Å². The number of hydrogen-bond donors (Lipinski definition) is 2. The molecular formula is C13H24N2O3. The number of carbonyl (C=O) groups is 2. The van der Waals surface area contributed by atoms with Gasteiger partial charge in [-0.2, -0.15) is 0 Å². The van der Waals surface area contributed by atoms with Crippen LogP contribution >= 0.6 is 0 Å². The Morgan fingerprint density at radius 2 is 2.06 bits per heavy atom. The van der Waals surface area contributed by atoms with Gasteiger partial charge in [-0.15, -0.1) is 0 Å². The van der Waals surface area contributed by atoms with E-state index in [1.54, 1.807) is 4.90 Å². The predicted octanol–water partition coefficient (Wildman–Crippen LogP) is 1.93. The zero-order valence-corrected chi connectivity index (χ0v) is 11.5. The molecule has 5 nitrogen and oxygen atoms in total. The molecule has 0 aromatic carbocycles. The lowest BCUT2D eigenvalue weighted by molar-refractivity contribution is -0.143. The molecule has 2 unspecified atom stereocenters. The smallest absolute Gasteiger partial charge is 0.317 e. The van der Waals surface area contributed by atoms with Crippen LogP contribution in [0.25, 0.3) is 0 Å². The maximum absolute atomic E-state index is 12.0. The van der Waals surface area contributed by atoms with E-state index in [0.717, 1.165) is 12.8 Å². The monoisotopic (exact) mass is 256 g/mol. The third kappa shape index (κ3) is 4.55. The van der Waals surface area contributed by atoms with Crippen LogP contribution in [0.2, 0.25) is 0 Å². The lowest BCUT2D eigenvalue weighted by atomic mass is 9.98. The van der Waals surface area contributed by atoms with E-state index >= 15 is 0 Å². The number of urea groups is 1. The molecule has 18 heavy (non-hydrogen) atoms. The predicted molar refractivity (Wildman–Crippen MR) is 69.4 cm³/mol. The average molecular weight is 256 g/mol. The van der Waals surface area contributed by atoms with Gasteiger partial charge < -0.3 is 15.3 Å². The minimum Gasteiger partial charge on any atom is -0.481 e. The first-order valence-electron chi connectivity index (χ1n) is 6.68. The van der Waals surface area contributed by atoms with Crippen molar-refractivity contribution in [1.82, 2.24) is 10.2 Å². The van der Waals surface area contributed by atoms with Gasteiger partial charge in [0.15, 0.2) is 0 Å². The van der Waals surface area contributed by atoms with Crippen molar-refractivity contribution in [1.29, 1.82) is 0 Å². The molecule has 1 fully saturated rings. The summed E-state index contributed by atoms with van der Waals surface area (Å²) in [6.07, 6.45) is 2.37. The highest BCUT2D eigenvalue weighted by Crippen LogP contribution is 2.16. The normalized spacial score (nSPS) is 21.8. The molecule has 5 heteroatoms. The summed E-state index contributed by atoms with van der Waals surface area (Å²) in [7, 11) is 0. The molecule has 0 saturated carbocycles. The Bertz CT molecular complexity index is 305. The van der Waals surface area contributed by atoms with Crippen molar-refractivity contribution in [2.75, 3.05) is 13.1 Å². The second kappa shape index (κ2) is 6.61. The van der Waals surface area contributed by atoms with Crippen molar-refractivity contribution in [2.45, 2.75) is 46.1 Å². The third-order valence-electron chi connectivity index (χ3n) is 3.25. The molecule has 1 saturated heterocycles. The van der Waals surface area contributed by atoms with Gasteiger partial charge in [0, 0.05) is 19.1 Å². The van der Waals surface area contributed by atoms with Gasteiger partial charge in [0.05, 0.1) is 5.92 Å². The van der Waals surface area contributed by atoms with Crippen LogP contribution in [0.5, 0.6) is 0 Å². The first-order chi connectivity index (χ1) is 8.40. The maximum Gasteiger partial charge on any atom is 0.317 e. The number of carbonyl (C=O) groups excluding carboxylic acids is 1. The van der Waals surface area contributed by atoms with E-state index in [1.165, 1.54) is 0 Å². The molecule has 2 atom stereocenters. The average Bonchev–Trinajstić information content (AvgIpc) is 2.27. The van der Waals surface area contributed by atoms with Crippen molar-refractivity contribution in [3.05, 3.63) is 0 Å². The molecule has 2 N–H and O–H groups in total. The summed E-state index contributed by atoms with van der Waals surface area (Å²) < 4.78 is 0. The van der Waals surface area contributed by atoms with E-state index in [0.29, 0.717) is 25.4 Å². The minimum atomic E-state index is -0.803. The molecule has 0 aromatic rings. The SMILES string of the molecule is CC(C)CC(C)NC(=O)N1CCCC(C(=O)O)C1. The van der Waals surface area contributed by atoms with Crippen LogP contribution in [0.1, 0.15) is 40.0 Å². The molecule has 0 aromatic heterocycles. The first kappa shape index (κ1) is 14.8. The van der Waals surface area contributed by atoms with Crippen LogP contribution in [-0.4, -0.2) is 41.1 Å². The fourth-order valence-electron chi connectivity index (χ4n) is 2.43. The molecule has 104 valence electrons. The Kier molecular flexibility index (Phi) is 5.44. The van der Waals surface area contributed by atoms with Crippen LogP contribution in [0, 0.1) is 11.8 Å². The molecule has 0 bridgehead atoms. The molecular weight excluding hydrogens is 232 g/mol. The standard InChI is InChI=1S/C13H24N2O3/c1-9(2)7-10(3)14-13(18)15-6-4-5-11(8-15)12(16)17/h9-11H,4-8H2,1-3H3,(H,14,18)(H,16,17). The van der Waals surface area contributed by atoms with Crippen molar-refractivity contribution in [3.8, 4) is 0 Å². The van der Waals surface area contributed by atoms with Crippen molar-refractivity contribution in [2.24, 2.45) is 11.8 Å². The van der Waals surface area contributed by atoms with Gasteiger partial charge in [-0.05, 0) is 32.1 Å². The quantitative estimate of drug-likeness (QED) is 0.807. The molecule has 2 amide bonds. The van der Waals surface area contributed by atoms with Gasteiger partial charge in [0.2, 0.25) is 0 Å². The Morgan fingerprint density at radius 1 is 1.39 bits per heavy atom. The second-order valence-corrected chi connectivity index (χ2v) is 5.60. The lowest BCUT2D eigenvalue weighted by Gasteiger charge is -2.32. The molecule has 0 spiro atoms. The number of piperidine rings is 1. The number of amides is 2. The maximum atomic E-state index is 12.0. The summed E-state index contributed by atoms with van der Waals surface area (Å²) in [5.41, 5.74) is 0. The summed E-state index contributed by atoms with van der Waals surface area (Å²) in [5, 5.41) is 11.9. The van der Waals surface area contributed by atoms with Gasteiger partial charge in [-0.1, -0.05) is 13.8 Å². The van der Waals surface area contributed by atoms with Gasteiger partial charge in [0.25, 0.3) is 0 Å². The molecule has 0 aliphatic carbocycles. The number of aliphatic carboxylic acids is 1. The summed E-state index contributed by atoms with van der Waals surface area (Å²) in [5.74, 6) is -0.680. The van der Waals surface area contributed by atoms with Crippen LogP contribution in [0.4, 0.5) is 4.79 Å². The van der Waals surface area contributed by atoms with E-state index < -0.39 is 11.9 Å². The molecule has 1 heterocycles. The highest BCUT2D eigenvalue weighted by molar-refractivity contribution is 5.76. The van der Waals surface area contributed by atoms with Gasteiger partial charge >= 0.3 is 12.0 Å². The Balaban J connectivity index is 2.43. The van der Waals surface area contributed by atoms with Crippen LogP contribution in [-0.2, 0) is 4.79 Å². The Hall–Kier alpha value is -1.26. The van der Waals surface area contributed by atoms with Gasteiger partial charge in [0.1, 0.15) is 0 Å². The largest absolute Gasteiger partial charge is 0.481 e. The summed E-state index contributed by atoms with van der Waals surface area (Å²) in [6, 6.07) is -0.00296. The van der Waals surface area contributed by atoms with Crippen molar-refractivity contribution in [3.63, 3.8) is 0 Å². The van der Waals surface area contributed by atoms with E-state index in [-0.39, 0.29) is 12.1 Å². The highest BCUT2D eigenvalue weighted by Gasteiger charge is 2.28. The van der Waals surface area contributed by atoms with Gasteiger partial charge in [-0.3, -0.25) is 4.79 Å². The first-order valence-corrected chi connectivity index (χ1v) is 6.68. The number of rotatable bonds is 4. The van der Waals surface area contributed by atoms with Gasteiger partial charge in [-0.25, -0.2) is 4.79 Å². The lowest BCUT2D eigenvalue weighted by Crippen LogP contribution is -2.49. The Labute approximate surface area is 109 Å². The summed E-state index contributed by atoms with van der Waals surface area (Å²) in [6.45, 7) is 7.20. The zero-order chi connectivity index (χ0) is 13.7. The van der Waals surface area contributed by atoms with E-state index in [9.17, 15) is 9.59 Å².